The van der Waals surface area contributed by atoms with Gasteiger partial charge in [0.15, 0.2) is 0 Å². The molecule has 0 bridgehead atoms. The number of fused-ring (bicyclic) bond motifs is 1. The maximum absolute atomic E-state index is 13.1. The fraction of sp³-hybridized carbons (Fsp3) is 0.538. The fourth-order valence-electron chi connectivity index (χ4n) is 2.26. The second kappa shape index (κ2) is 4.63. The van der Waals surface area contributed by atoms with Crippen molar-refractivity contribution in [1.82, 2.24) is 0 Å². The molecule has 1 aliphatic rings. The number of benzene rings is 1. The minimum Gasteiger partial charge on any atom is -0.487 e. The molecule has 0 spiro atoms. The Hall–Kier alpha value is -1.13. The van der Waals surface area contributed by atoms with Gasteiger partial charge in [-0.1, -0.05) is 0 Å². The molecule has 1 aromatic carbocycles. The van der Waals surface area contributed by atoms with Crippen LogP contribution in [0.15, 0.2) is 18.2 Å². The van der Waals surface area contributed by atoms with Gasteiger partial charge in [-0.2, -0.15) is 0 Å². The summed E-state index contributed by atoms with van der Waals surface area (Å²) in [5.74, 6) is 0.409. The van der Waals surface area contributed by atoms with Crippen LogP contribution in [0.25, 0.3) is 0 Å². The van der Waals surface area contributed by atoms with Gasteiger partial charge in [-0.25, -0.2) is 4.39 Å². The molecule has 0 saturated carbocycles. The first kappa shape index (κ1) is 12.3. The Labute approximate surface area is 101 Å². The molecular weight excluding hydrogens is 221 g/mol. The normalized spacial score (nSPS) is 27.4. The van der Waals surface area contributed by atoms with E-state index in [0.29, 0.717) is 18.8 Å². The summed E-state index contributed by atoms with van der Waals surface area (Å²) >= 11 is 0. The summed E-state index contributed by atoms with van der Waals surface area (Å²) in [5.41, 5.74) is 6.49. The van der Waals surface area contributed by atoms with Crippen molar-refractivity contribution < 1.29 is 13.9 Å². The van der Waals surface area contributed by atoms with Gasteiger partial charge in [0.2, 0.25) is 0 Å². The molecule has 2 rings (SSSR count). The average molecular weight is 239 g/mol. The van der Waals surface area contributed by atoms with E-state index < -0.39 is 0 Å². The van der Waals surface area contributed by atoms with Crippen molar-refractivity contribution in [1.29, 1.82) is 0 Å². The van der Waals surface area contributed by atoms with Crippen LogP contribution in [0.5, 0.6) is 5.75 Å². The highest BCUT2D eigenvalue weighted by atomic mass is 19.1. The van der Waals surface area contributed by atoms with E-state index in [0.717, 1.165) is 12.0 Å². The highest BCUT2D eigenvalue weighted by Gasteiger charge is 2.35. The Morgan fingerprint density at radius 3 is 3.06 bits per heavy atom. The average Bonchev–Trinajstić information content (AvgIpc) is 2.28. The number of methoxy groups -OCH3 is 1. The first-order chi connectivity index (χ1) is 8.04. The van der Waals surface area contributed by atoms with Crippen molar-refractivity contribution in [3.63, 3.8) is 0 Å². The fourth-order valence-corrected chi connectivity index (χ4v) is 2.26. The van der Waals surface area contributed by atoms with Crippen LogP contribution in [0, 0.1) is 5.82 Å². The molecule has 0 radical (unpaired) electrons. The van der Waals surface area contributed by atoms with E-state index in [2.05, 4.69) is 0 Å². The predicted molar refractivity (Wildman–Crippen MR) is 63.5 cm³/mol. The molecule has 0 saturated heterocycles. The third kappa shape index (κ3) is 2.58. The largest absolute Gasteiger partial charge is 0.487 e. The number of hydrogen-bond acceptors (Lipinski definition) is 3. The maximum Gasteiger partial charge on any atom is 0.125 e. The molecule has 4 heteroatoms. The lowest BCUT2D eigenvalue weighted by molar-refractivity contribution is 0.0214. The van der Waals surface area contributed by atoms with E-state index in [-0.39, 0.29) is 17.5 Å². The van der Waals surface area contributed by atoms with Crippen molar-refractivity contribution in [3.05, 3.63) is 29.6 Å². The van der Waals surface area contributed by atoms with Crippen LogP contribution in [0.1, 0.15) is 31.4 Å². The standard InChI is InChI=1S/C13H18FNO2/c1-13(5-6-16-2)8-11(15)10-7-9(14)3-4-12(10)17-13/h3-4,7,11H,5-6,8,15H2,1-2H3/t11-,13?/m0/s1. The Kier molecular flexibility index (Phi) is 3.35. The summed E-state index contributed by atoms with van der Waals surface area (Å²) in [6, 6.07) is 4.31. The SMILES string of the molecule is COCCC1(C)C[C@H](N)c2cc(F)ccc2O1. The molecule has 0 aliphatic carbocycles. The van der Waals surface area contributed by atoms with Crippen LogP contribution >= 0.6 is 0 Å². The highest BCUT2D eigenvalue weighted by molar-refractivity contribution is 5.39. The Bertz CT molecular complexity index is 410. The molecule has 0 aromatic heterocycles. The lowest BCUT2D eigenvalue weighted by Crippen LogP contribution is -2.41. The van der Waals surface area contributed by atoms with Gasteiger partial charge in [-0.15, -0.1) is 0 Å². The third-order valence-electron chi connectivity index (χ3n) is 3.21. The van der Waals surface area contributed by atoms with E-state index in [9.17, 15) is 4.39 Å². The zero-order chi connectivity index (χ0) is 12.5. The maximum atomic E-state index is 13.1. The summed E-state index contributed by atoms with van der Waals surface area (Å²) in [6.45, 7) is 2.64. The van der Waals surface area contributed by atoms with E-state index in [4.69, 9.17) is 15.2 Å². The molecule has 1 heterocycles. The van der Waals surface area contributed by atoms with E-state index in [1.165, 1.54) is 12.1 Å². The number of halogens is 1. The van der Waals surface area contributed by atoms with E-state index in [1.807, 2.05) is 6.92 Å². The molecule has 0 amide bonds. The second-order valence-corrected chi connectivity index (χ2v) is 4.79. The van der Waals surface area contributed by atoms with Gasteiger partial charge in [-0.05, 0) is 25.1 Å². The highest BCUT2D eigenvalue weighted by Crippen LogP contribution is 2.40. The molecule has 3 nitrogen and oxygen atoms in total. The van der Waals surface area contributed by atoms with Crippen LogP contribution in [0.2, 0.25) is 0 Å². The van der Waals surface area contributed by atoms with E-state index >= 15 is 0 Å². The summed E-state index contributed by atoms with van der Waals surface area (Å²) in [6.07, 6.45) is 1.45. The van der Waals surface area contributed by atoms with Crippen molar-refractivity contribution >= 4 is 0 Å². The van der Waals surface area contributed by atoms with Crippen LogP contribution in [-0.2, 0) is 4.74 Å². The van der Waals surface area contributed by atoms with E-state index in [1.54, 1.807) is 13.2 Å². The molecule has 1 unspecified atom stereocenters. The number of hydrogen-bond donors (Lipinski definition) is 1. The van der Waals surface area contributed by atoms with Crippen LogP contribution < -0.4 is 10.5 Å². The van der Waals surface area contributed by atoms with Crippen molar-refractivity contribution in [3.8, 4) is 5.75 Å². The number of nitrogens with two attached hydrogens (primary N) is 1. The van der Waals surface area contributed by atoms with Crippen LogP contribution in [0.3, 0.4) is 0 Å². The van der Waals surface area contributed by atoms with Crippen LogP contribution in [-0.4, -0.2) is 19.3 Å². The zero-order valence-electron chi connectivity index (χ0n) is 10.2. The van der Waals surface area contributed by atoms with Crippen molar-refractivity contribution in [2.45, 2.75) is 31.4 Å². The minimum absolute atomic E-state index is 0.184. The summed E-state index contributed by atoms with van der Waals surface area (Å²) < 4.78 is 24.1. The summed E-state index contributed by atoms with van der Waals surface area (Å²) in [4.78, 5) is 0. The number of ether oxygens (including phenoxy) is 2. The monoisotopic (exact) mass is 239 g/mol. The molecule has 94 valence electrons. The molecule has 1 aromatic rings. The molecule has 17 heavy (non-hydrogen) atoms. The van der Waals surface area contributed by atoms with Crippen molar-refractivity contribution in [2.75, 3.05) is 13.7 Å². The smallest absolute Gasteiger partial charge is 0.125 e. The zero-order valence-corrected chi connectivity index (χ0v) is 10.2. The van der Waals surface area contributed by atoms with Crippen molar-refractivity contribution in [2.24, 2.45) is 5.73 Å². The van der Waals surface area contributed by atoms with Gasteiger partial charge < -0.3 is 15.2 Å². The second-order valence-electron chi connectivity index (χ2n) is 4.79. The quantitative estimate of drug-likeness (QED) is 0.881. The molecular formula is C13H18FNO2. The molecule has 2 atom stereocenters. The summed E-state index contributed by atoms with van der Waals surface area (Å²) in [7, 11) is 1.66. The summed E-state index contributed by atoms with van der Waals surface area (Å²) in [5, 5.41) is 0. The van der Waals surface area contributed by atoms with Gasteiger partial charge in [0.1, 0.15) is 17.2 Å². The molecule has 0 fully saturated rings. The minimum atomic E-state index is -0.333. The first-order valence-corrected chi connectivity index (χ1v) is 5.77. The lowest BCUT2D eigenvalue weighted by atomic mass is 9.87. The molecule has 2 N–H and O–H groups in total. The predicted octanol–water partition coefficient (Wildman–Crippen LogP) is 2.40. The first-order valence-electron chi connectivity index (χ1n) is 5.77. The number of rotatable bonds is 3. The van der Waals surface area contributed by atoms with Crippen LogP contribution in [0.4, 0.5) is 4.39 Å². The van der Waals surface area contributed by atoms with Gasteiger partial charge in [0, 0.05) is 38.2 Å². The Morgan fingerprint density at radius 1 is 1.59 bits per heavy atom. The topological polar surface area (TPSA) is 44.5 Å². The third-order valence-corrected chi connectivity index (χ3v) is 3.21. The van der Waals surface area contributed by atoms with Gasteiger partial charge in [0.05, 0.1) is 0 Å². The lowest BCUT2D eigenvalue weighted by Gasteiger charge is -2.38. The molecule has 1 aliphatic heterocycles. The van der Waals surface area contributed by atoms with Gasteiger partial charge >= 0.3 is 0 Å². The van der Waals surface area contributed by atoms with Gasteiger partial charge in [0.25, 0.3) is 0 Å². The Morgan fingerprint density at radius 2 is 2.35 bits per heavy atom. The Balaban J connectivity index is 2.23. The van der Waals surface area contributed by atoms with Gasteiger partial charge in [-0.3, -0.25) is 0 Å².